The summed E-state index contributed by atoms with van der Waals surface area (Å²) in [6.07, 6.45) is 5.16. The smallest absolute Gasteiger partial charge is 0.122 e. The Morgan fingerprint density at radius 3 is 2.52 bits per heavy atom. The first-order valence-corrected chi connectivity index (χ1v) is 8.54. The SMILES string of the molecule is Cc1ccsc1CN1CCCN(Cc2nccn2C)CC1. The molecule has 0 amide bonds. The highest BCUT2D eigenvalue weighted by Crippen LogP contribution is 2.19. The Bertz CT molecular complexity index is 524. The Balaban J connectivity index is 1.54. The summed E-state index contributed by atoms with van der Waals surface area (Å²) in [5, 5.41) is 2.20. The highest BCUT2D eigenvalue weighted by atomic mass is 32.1. The van der Waals surface area contributed by atoms with E-state index in [1.807, 2.05) is 23.7 Å². The maximum Gasteiger partial charge on any atom is 0.122 e. The topological polar surface area (TPSA) is 24.3 Å². The molecular formula is C16H24N4S. The van der Waals surface area contributed by atoms with Crippen molar-refractivity contribution in [3.63, 3.8) is 0 Å². The van der Waals surface area contributed by atoms with Gasteiger partial charge in [0.25, 0.3) is 0 Å². The molecular weight excluding hydrogens is 280 g/mol. The Hall–Kier alpha value is -1.17. The van der Waals surface area contributed by atoms with Crippen LogP contribution in [0.1, 0.15) is 22.7 Å². The van der Waals surface area contributed by atoms with Crippen molar-refractivity contribution in [1.29, 1.82) is 0 Å². The summed E-state index contributed by atoms with van der Waals surface area (Å²) >= 11 is 1.89. The zero-order valence-corrected chi connectivity index (χ0v) is 13.8. The molecule has 0 unspecified atom stereocenters. The molecule has 0 saturated carbocycles. The fraction of sp³-hybridized carbons (Fsp3) is 0.562. The van der Waals surface area contributed by atoms with E-state index < -0.39 is 0 Å². The number of imidazole rings is 1. The highest BCUT2D eigenvalue weighted by Gasteiger charge is 2.17. The summed E-state index contributed by atoms with van der Waals surface area (Å²) in [4.78, 5) is 11.1. The lowest BCUT2D eigenvalue weighted by Gasteiger charge is -2.21. The molecule has 0 spiro atoms. The van der Waals surface area contributed by atoms with Crippen LogP contribution in [-0.2, 0) is 20.1 Å². The van der Waals surface area contributed by atoms with Crippen LogP contribution in [0.15, 0.2) is 23.8 Å². The highest BCUT2D eigenvalue weighted by molar-refractivity contribution is 7.10. The lowest BCUT2D eigenvalue weighted by Crippen LogP contribution is -2.30. The molecule has 3 rings (SSSR count). The third kappa shape index (κ3) is 3.73. The van der Waals surface area contributed by atoms with E-state index in [0.29, 0.717) is 0 Å². The van der Waals surface area contributed by atoms with Crippen LogP contribution in [0, 0.1) is 6.92 Å². The van der Waals surface area contributed by atoms with Crippen molar-refractivity contribution in [2.75, 3.05) is 26.2 Å². The van der Waals surface area contributed by atoms with Gasteiger partial charge in [0, 0.05) is 44.0 Å². The van der Waals surface area contributed by atoms with Gasteiger partial charge in [0.1, 0.15) is 5.82 Å². The molecule has 1 aliphatic heterocycles. The second kappa shape index (κ2) is 6.73. The van der Waals surface area contributed by atoms with E-state index in [4.69, 9.17) is 0 Å². The average Bonchev–Trinajstić information content (AvgIpc) is 2.97. The number of aromatic nitrogens is 2. The van der Waals surface area contributed by atoms with Crippen LogP contribution in [0.5, 0.6) is 0 Å². The fourth-order valence-corrected chi connectivity index (χ4v) is 3.81. The molecule has 0 atom stereocenters. The third-order valence-electron chi connectivity index (χ3n) is 4.30. The van der Waals surface area contributed by atoms with Gasteiger partial charge in [-0.05, 0) is 43.4 Å². The quantitative estimate of drug-likeness (QED) is 0.867. The molecule has 0 aromatic carbocycles. The molecule has 1 fully saturated rings. The predicted molar refractivity (Wildman–Crippen MR) is 87.4 cm³/mol. The third-order valence-corrected chi connectivity index (χ3v) is 5.31. The van der Waals surface area contributed by atoms with Gasteiger partial charge in [-0.1, -0.05) is 0 Å². The van der Waals surface area contributed by atoms with Gasteiger partial charge in [0.05, 0.1) is 6.54 Å². The summed E-state index contributed by atoms with van der Waals surface area (Å²) in [6.45, 7) is 8.96. The number of aryl methyl sites for hydroxylation is 2. The van der Waals surface area contributed by atoms with Crippen molar-refractivity contribution >= 4 is 11.3 Å². The second-order valence-corrected chi connectivity index (χ2v) is 6.89. The first-order chi connectivity index (χ1) is 10.2. The van der Waals surface area contributed by atoms with Gasteiger partial charge in [0.15, 0.2) is 0 Å². The molecule has 21 heavy (non-hydrogen) atoms. The predicted octanol–water partition coefficient (Wildman–Crippen LogP) is 2.50. The van der Waals surface area contributed by atoms with E-state index >= 15 is 0 Å². The molecule has 1 aliphatic rings. The monoisotopic (exact) mass is 304 g/mol. The lowest BCUT2D eigenvalue weighted by atomic mass is 10.2. The summed E-state index contributed by atoms with van der Waals surface area (Å²) in [5.74, 6) is 1.16. The van der Waals surface area contributed by atoms with Crippen molar-refractivity contribution in [3.8, 4) is 0 Å². The zero-order valence-electron chi connectivity index (χ0n) is 13.0. The summed E-state index contributed by atoms with van der Waals surface area (Å²) in [7, 11) is 2.08. The van der Waals surface area contributed by atoms with Gasteiger partial charge in [-0.25, -0.2) is 4.98 Å². The van der Waals surface area contributed by atoms with Crippen LogP contribution < -0.4 is 0 Å². The van der Waals surface area contributed by atoms with Gasteiger partial charge in [-0.3, -0.25) is 9.80 Å². The van der Waals surface area contributed by atoms with Crippen LogP contribution in [0.4, 0.5) is 0 Å². The maximum absolute atomic E-state index is 4.44. The van der Waals surface area contributed by atoms with Gasteiger partial charge in [0.2, 0.25) is 0 Å². The Morgan fingerprint density at radius 1 is 1.14 bits per heavy atom. The van der Waals surface area contributed by atoms with Crippen molar-refractivity contribution in [3.05, 3.63) is 40.1 Å². The molecule has 2 aromatic heterocycles. The molecule has 0 bridgehead atoms. The molecule has 2 aromatic rings. The van der Waals surface area contributed by atoms with E-state index in [1.165, 1.54) is 30.0 Å². The fourth-order valence-electron chi connectivity index (χ4n) is 2.86. The summed E-state index contributed by atoms with van der Waals surface area (Å²) in [6, 6.07) is 2.23. The Kier molecular flexibility index (Phi) is 4.73. The first-order valence-electron chi connectivity index (χ1n) is 7.66. The van der Waals surface area contributed by atoms with Gasteiger partial charge >= 0.3 is 0 Å². The summed E-state index contributed by atoms with van der Waals surface area (Å²) in [5.41, 5.74) is 1.44. The normalized spacial score (nSPS) is 18.0. The van der Waals surface area contributed by atoms with E-state index in [1.54, 1.807) is 0 Å². The van der Waals surface area contributed by atoms with Crippen LogP contribution >= 0.6 is 11.3 Å². The number of rotatable bonds is 4. The van der Waals surface area contributed by atoms with E-state index in [-0.39, 0.29) is 0 Å². The minimum absolute atomic E-state index is 0.968. The van der Waals surface area contributed by atoms with Crippen LogP contribution in [0.25, 0.3) is 0 Å². The first kappa shape index (κ1) is 14.8. The van der Waals surface area contributed by atoms with Crippen LogP contribution in [0.3, 0.4) is 0 Å². The molecule has 114 valence electrons. The molecule has 5 heteroatoms. The Morgan fingerprint density at radius 2 is 1.90 bits per heavy atom. The Labute approximate surface area is 131 Å². The number of thiophene rings is 1. The number of hydrogen-bond acceptors (Lipinski definition) is 4. The van der Waals surface area contributed by atoms with Crippen molar-refractivity contribution in [2.24, 2.45) is 7.05 Å². The molecule has 3 heterocycles. The standard InChI is InChI=1S/C16H24N4S/c1-14-4-11-21-15(14)12-19-6-3-7-20(10-9-19)13-16-17-5-8-18(16)2/h4-5,8,11H,3,6-7,9-10,12-13H2,1-2H3. The van der Waals surface area contributed by atoms with Crippen molar-refractivity contribution in [2.45, 2.75) is 26.4 Å². The van der Waals surface area contributed by atoms with Crippen molar-refractivity contribution < 1.29 is 0 Å². The van der Waals surface area contributed by atoms with Crippen LogP contribution in [-0.4, -0.2) is 45.5 Å². The summed E-state index contributed by atoms with van der Waals surface area (Å²) < 4.78 is 2.12. The second-order valence-electron chi connectivity index (χ2n) is 5.89. The maximum atomic E-state index is 4.44. The van der Waals surface area contributed by atoms with E-state index in [2.05, 4.69) is 44.8 Å². The van der Waals surface area contributed by atoms with E-state index in [9.17, 15) is 0 Å². The number of hydrogen-bond donors (Lipinski definition) is 0. The molecule has 4 nitrogen and oxygen atoms in total. The minimum Gasteiger partial charge on any atom is -0.337 e. The van der Waals surface area contributed by atoms with Crippen LogP contribution in [0.2, 0.25) is 0 Å². The van der Waals surface area contributed by atoms with E-state index in [0.717, 1.165) is 32.0 Å². The van der Waals surface area contributed by atoms with Gasteiger partial charge < -0.3 is 4.57 Å². The van der Waals surface area contributed by atoms with Crippen molar-refractivity contribution in [1.82, 2.24) is 19.4 Å². The average molecular weight is 304 g/mol. The largest absolute Gasteiger partial charge is 0.337 e. The molecule has 0 aliphatic carbocycles. The molecule has 0 radical (unpaired) electrons. The molecule has 1 saturated heterocycles. The zero-order chi connectivity index (χ0) is 14.7. The van der Waals surface area contributed by atoms with Gasteiger partial charge in [-0.2, -0.15) is 0 Å². The molecule has 0 N–H and O–H groups in total. The lowest BCUT2D eigenvalue weighted by molar-refractivity contribution is 0.243. The van der Waals surface area contributed by atoms with Gasteiger partial charge in [-0.15, -0.1) is 11.3 Å². The minimum atomic E-state index is 0.968. The number of nitrogens with zero attached hydrogens (tertiary/aromatic N) is 4.